The minimum absolute atomic E-state index is 0.00500. The molecule has 9 heteroatoms. The lowest BCUT2D eigenvalue weighted by atomic mass is 9.86. The fourth-order valence-electron chi connectivity index (χ4n) is 17.8. The number of nitrogens with zero attached hydrogens (tertiary/aromatic N) is 3. The predicted octanol–water partition coefficient (Wildman–Crippen LogP) is 30.3. The van der Waals surface area contributed by atoms with Crippen molar-refractivity contribution in [3.8, 4) is 0 Å². The molecule has 0 aliphatic rings. The Hall–Kier alpha value is -12.0. The average Bonchev–Trinajstić information content (AvgIpc) is 0.724. The smallest absolute Gasteiger partial charge is 0.181 e. The van der Waals surface area contributed by atoms with Crippen LogP contribution >= 0.6 is 34.8 Å². The Bertz CT molecular complexity index is 6130. The summed E-state index contributed by atoms with van der Waals surface area (Å²) in [6.45, 7) is 45.0. The predicted molar refractivity (Wildman–Crippen MR) is 577 cm³/mol. The van der Waals surface area contributed by atoms with Crippen molar-refractivity contribution in [2.75, 3.05) is 20.0 Å². The van der Waals surface area contributed by atoms with Crippen LogP contribution in [-0.2, 0) is 32.5 Å². The minimum atomic E-state index is -2.99. The largest absolute Gasteiger partial charge is 0.356 e. The SMILES string of the molecule is CC(C)(C)c1ccc(Nc2ccc(N(c3ccc(C(C)(C)C)cc3)c3ccc(C(C)(C)C)cc3)cc2)cc1.Cc1cc(Cl)c(Cl)c([Si](c2ccccc2)(c2ccccc2)c2ccccc2)c1.Cc1cc(N(c2ccc(N(c3ccc(C(C)(C)C)cc3)c3ccc(C(C)(C)C)cc3)cc2)c2ccc(C(C)(C)C)cc2)c(Cl)c([Si](c2ccccc2)(c2ccccc2)c2ccccc2)c1. The summed E-state index contributed by atoms with van der Waals surface area (Å²) in [4.78, 5) is 7.05. The van der Waals surface area contributed by atoms with E-state index in [2.05, 4.69) is 553 Å². The monoisotopic (exact) mass is 1810 g/mol. The van der Waals surface area contributed by atoms with Crippen LogP contribution in [0.5, 0.6) is 0 Å². The number of rotatable bonds is 19. The van der Waals surface area contributed by atoms with Gasteiger partial charge in [0.2, 0.25) is 0 Å². The van der Waals surface area contributed by atoms with Gasteiger partial charge in [-0.25, -0.2) is 0 Å². The highest BCUT2D eigenvalue weighted by molar-refractivity contribution is 7.21. The van der Waals surface area contributed by atoms with Gasteiger partial charge in [-0.1, -0.05) is 426 Å². The Kier molecular flexibility index (Phi) is 28.8. The summed E-state index contributed by atoms with van der Waals surface area (Å²) < 4.78 is 0. The Labute approximate surface area is 799 Å². The van der Waals surface area contributed by atoms with Crippen LogP contribution in [0, 0.1) is 13.8 Å². The van der Waals surface area contributed by atoms with Crippen molar-refractivity contribution in [1.82, 2.24) is 0 Å². The van der Waals surface area contributed by atoms with Gasteiger partial charge in [-0.15, -0.1) is 0 Å². The minimum Gasteiger partial charge on any atom is -0.356 e. The molecule has 0 atom stereocenters. The molecule has 664 valence electrons. The normalized spacial score (nSPS) is 12.1. The van der Waals surface area contributed by atoms with E-state index in [1.165, 1.54) is 64.5 Å². The van der Waals surface area contributed by atoms with Crippen LogP contribution in [0.1, 0.15) is 169 Å². The molecule has 16 rings (SSSR count). The molecular weight excluding hydrogens is 1680 g/mol. The summed E-state index contributed by atoms with van der Waals surface area (Å²) >= 11 is 21.6. The maximum atomic E-state index is 8.13. The summed E-state index contributed by atoms with van der Waals surface area (Å²) in [5, 5.41) is 15.6. The van der Waals surface area contributed by atoms with Crippen molar-refractivity contribution in [3.63, 3.8) is 0 Å². The van der Waals surface area contributed by atoms with Crippen LogP contribution in [0.4, 0.5) is 62.6 Å². The molecule has 0 saturated carbocycles. The van der Waals surface area contributed by atoms with E-state index in [9.17, 15) is 0 Å². The molecule has 16 aromatic carbocycles. The van der Waals surface area contributed by atoms with Crippen LogP contribution in [-0.4, -0.2) is 16.1 Å². The number of aryl methyl sites for hydroxylation is 2. The van der Waals surface area contributed by atoms with Crippen LogP contribution in [0.3, 0.4) is 0 Å². The molecule has 1 N–H and O–H groups in total. The van der Waals surface area contributed by atoms with Crippen LogP contribution in [0.15, 0.2) is 400 Å². The summed E-state index contributed by atoms with van der Waals surface area (Å²) in [6, 6.07) is 146. The van der Waals surface area contributed by atoms with Gasteiger partial charge in [-0.3, -0.25) is 0 Å². The van der Waals surface area contributed by atoms with Crippen molar-refractivity contribution in [2.24, 2.45) is 0 Å². The number of hydrogen-bond donors (Lipinski definition) is 1. The molecule has 0 radical (unpaired) electrons. The molecule has 16 aromatic rings. The summed E-state index contributed by atoms with van der Waals surface area (Å²) in [6.07, 6.45) is 0. The number of halogens is 3. The topological polar surface area (TPSA) is 21.8 Å². The summed E-state index contributed by atoms with van der Waals surface area (Å²) in [7, 11) is -5.61. The van der Waals surface area contributed by atoms with Crippen LogP contribution in [0.25, 0.3) is 0 Å². The zero-order chi connectivity index (χ0) is 93.4. The summed E-state index contributed by atoms with van der Waals surface area (Å²) in [5.74, 6) is 0. The fraction of sp³-hybridized carbons (Fsp3) is 0.213. The zero-order valence-corrected chi connectivity index (χ0v) is 84.3. The van der Waals surface area contributed by atoms with E-state index < -0.39 is 16.1 Å². The van der Waals surface area contributed by atoms with Crippen LogP contribution < -0.4 is 61.5 Å². The summed E-state index contributed by atoms with van der Waals surface area (Å²) in [5.41, 5.74) is 22.6. The van der Waals surface area contributed by atoms with E-state index in [0.29, 0.717) is 10.0 Å². The first-order chi connectivity index (χ1) is 62.3. The highest BCUT2D eigenvalue weighted by Gasteiger charge is 2.46. The van der Waals surface area contributed by atoms with Crippen molar-refractivity contribution >= 4 is 155 Å². The lowest BCUT2D eigenvalue weighted by Crippen LogP contribution is -2.75. The zero-order valence-electron chi connectivity index (χ0n) is 80.1. The van der Waals surface area contributed by atoms with Crippen molar-refractivity contribution < 1.29 is 0 Å². The number of benzene rings is 16. The molecule has 131 heavy (non-hydrogen) atoms. The molecule has 0 heterocycles. The number of nitrogens with one attached hydrogen (secondary N) is 1. The molecule has 0 bridgehead atoms. The first-order valence-corrected chi connectivity index (χ1v) is 51.1. The third kappa shape index (κ3) is 21.5. The lowest BCUT2D eigenvalue weighted by molar-refractivity contribution is 0.590. The molecule has 0 unspecified atom stereocenters. The highest BCUT2D eigenvalue weighted by atomic mass is 35.5. The second-order valence-corrected chi connectivity index (χ2v) is 49.7. The van der Waals surface area contributed by atoms with Gasteiger partial charge < -0.3 is 20.0 Å². The van der Waals surface area contributed by atoms with Crippen molar-refractivity contribution in [3.05, 3.63) is 460 Å². The molecule has 0 aliphatic carbocycles. The van der Waals surface area contributed by atoms with E-state index in [-0.39, 0.29) is 32.5 Å². The highest BCUT2D eigenvalue weighted by Crippen LogP contribution is 2.45. The van der Waals surface area contributed by atoms with Crippen LogP contribution in [0.2, 0.25) is 15.1 Å². The standard InChI is InChI=1S/C61H63ClN2Si.C36H44N2.C25H20Cl2Si/c1-44-42-56(58(62)57(43-44)65(53-20-14-11-15-21-53,54-22-16-12-17-23-54)55-24-18-13-19-25-55)64(51-36-30-47(31-37-51)61(8,9)10)52-40-38-50(39-41-52)63(48-32-26-45(27-33-48)59(2,3)4)49-34-28-46(29-35-49)60(5,6)7;1-34(2,3)26-10-16-29(17-11-26)37-30-18-24-33(25-19-30)38(31-20-12-27(13-21-31)35(4,5)6)32-22-14-28(15-23-32)36(7,8)9;1-19-17-23(26)25(27)24(18-19)28(20-11-5-2-6-12-20,21-13-7-3-8-14-21)22-15-9-4-10-16-22/h11-43H,1-10H3;10-25,37H,1-9H3;2-18H,1H3. The van der Waals surface area contributed by atoms with Gasteiger partial charge in [0.15, 0.2) is 16.1 Å². The molecule has 4 nitrogen and oxygen atoms in total. The molecule has 0 spiro atoms. The molecular formula is C122H127Cl3N4Si2. The van der Waals surface area contributed by atoms with E-state index in [1.54, 1.807) is 0 Å². The van der Waals surface area contributed by atoms with Gasteiger partial charge in [0.1, 0.15) is 0 Å². The van der Waals surface area contributed by atoms with Crippen molar-refractivity contribution in [1.29, 1.82) is 0 Å². The molecule has 0 amide bonds. The van der Waals surface area contributed by atoms with E-state index >= 15 is 0 Å². The lowest BCUT2D eigenvalue weighted by Gasteiger charge is -2.37. The third-order valence-corrected chi connectivity index (χ3v) is 36.3. The van der Waals surface area contributed by atoms with Gasteiger partial charge in [0, 0.05) is 56.9 Å². The van der Waals surface area contributed by atoms with E-state index in [4.69, 9.17) is 34.8 Å². The van der Waals surface area contributed by atoms with Gasteiger partial charge in [-0.05, 0) is 266 Å². The Morgan fingerprint density at radius 1 is 0.206 bits per heavy atom. The van der Waals surface area contributed by atoms with E-state index in [0.717, 1.165) is 89.1 Å². The quantitative estimate of drug-likeness (QED) is 0.0643. The molecule has 0 aliphatic heterocycles. The first-order valence-electron chi connectivity index (χ1n) is 45.9. The van der Waals surface area contributed by atoms with Gasteiger partial charge in [0.05, 0.1) is 20.8 Å². The maximum absolute atomic E-state index is 8.13. The van der Waals surface area contributed by atoms with Gasteiger partial charge in [-0.2, -0.15) is 0 Å². The second kappa shape index (κ2) is 39.6. The van der Waals surface area contributed by atoms with E-state index in [1.807, 2.05) is 6.07 Å². The average molecular weight is 1810 g/mol. The number of anilines is 11. The van der Waals surface area contributed by atoms with Gasteiger partial charge in [0.25, 0.3) is 0 Å². The Morgan fingerprint density at radius 2 is 0.389 bits per heavy atom. The Morgan fingerprint density at radius 3 is 0.618 bits per heavy atom. The maximum Gasteiger partial charge on any atom is 0.181 e. The Balaban J connectivity index is 0.000000176. The molecule has 0 aromatic heterocycles. The number of hydrogen-bond acceptors (Lipinski definition) is 4. The van der Waals surface area contributed by atoms with Crippen molar-refractivity contribution in [2.45, 2.75) is 171 Å². The molecule has 0 saturated heterocycles. The van der Waals surface area contributed by atoms with Gasteiger partial charge >= 0.3 is 0 Å². The fourth-order valence-corrected chi connectivity index (χ4v) is 29.1. The second-order valence-electron chi connectivity index (χ2n) is 41.0. The molecule has 0 fully saturated rings. The third-order valence-electron chi connectivity index (χ3n) is 25.1. The first kappa shape index (κ1) is 95.1.